The molecule has 17 nitrogen and oxygen atoms in total. The number of aliphatic hydroxyl groups excluding tert-OH is 3. The maximum Gasteiger partial charge on any atom is 0.407 e. The molecule has 404 valence electrons. The second-order valence-electron chi connectivity index (χ2n) is 22.4. The second kappa shape index (κ2) is 23.9. The highest BCUT2D eigenvalue weighted by Gasteiger charge is 2.70. The minimum atomic E-state index is -1.65. The summed E-state index contributed by atoms with van der Waals surface area (Å²) in [5.41, 5.74) is 5.77. The predicted molar refractivity (Wildman–Crippen MR) is 265 cm³/mol. The third kappa shape index (κ3) is 11.7. The van der Waals surface area contributed by atoms with Crippen molar-refractivity contribution in [1.29, 1.82) is 0 Å². The molecule has 0 aromatic heterocycles. The number of nitrogens with two attached hydrogens (primary N) is 1. The molecule has 6 aliphatic rings. The van der Waals surface area contributed by atoms with Gasteiger partial charge in [-0.3, -0.25) is 4.79 Å². The molecule has 1 aromatic carbocycles. The topological polar surface area (TPSA) is 244 Å². The number of carbonyl (C=O) groups excluding carboxylic acids is 3. The molecule has 2 aliphatic heterocycles. The molecule has 0 bridgehead atoms. The quantitative estimate of drug-likeness (QED) is 0.0365. The highest BCUT2D eigenvalue weighted by molar-refractivity contribution is 5.89. The number of fused-ring (bicyclic) bond motifs is 5. The van der Waals surface area contributed by atoms with E-state index < -0.39 is 90.8 Å². The van der Waals surface area contributed by atoms with Gasteiger partial charge in [-0.05, 0) is 124 Å². The number of methoxy groups -OCH3 is 1. The van der Waals surface area contributed by atoms with E-state index in [-0.39, 0.29) is 41.6 Å². The lowest BCUT2D eigenvalue weighted by Gasteiger charge is -2.60. The molecule has 0 radical (unpaired) electrons. The number of rotatable bonds is 20. The zero-order chi connectivity index (χ0) is 52.1. The van der Waals surface area contributed by atoms with Gasteiger partial charge in [0.2, 0.25) is 0 Å². The molecule has 2 saturated heterocycles. The van der Waals surface area contributed by atoms with Crippen molar-refractivity contribution in [1.82, 2.24) is 5.32 Å². The van der Waals surface area contributed by atoms with Crippen LogP contribution < -0.4 is 15.8 Å². The van der Waals surface area contributed by atoms with Crippen LogP contribution >= 0.6 is 0 Å². The number of unbranched alkanes of at least 4 members (excludes halogenated alkanes) is 3. The van der Waals surface area contributed by atoms with Gasteiger partial charge >= 0.3 is 18.0 Å². The zero-order valence-corrected chi connectivity index (χ0v) is 43.6. The van der Waals surface area contributed by atoms with Gasteiger partial charge in [0, 0.05) is 31.2 Å². The predicted octanol–water partition coefficient (Wildman–Crippen LogP) is 6.26. The van der Waals surface area contributed by atoms with Gasteiger partial charge in [-0.2, -0.15) is 0 Å². The van der Waals surface area contributed by atoms with Crippen molar-refractivity contribution in [3.63, 3.8) is 0 Å². The summed E-state index contributed by atoms with van der Waals surface area (Å²) in [6.45, 7) is 17.2. The number of amides is 1. The molecule has 5 fully saturated rings. The van der Waals surface area contributed by atoms with Crippen molar-refractivity contribution in [2.24, 2.45) is 46.2 Å². The summed E-state index contributed by atoms with van der Waals surface area (Å²) < 4.78 is 48.3. The van der Waals surface area contributed by atoms with Crippen LogP contribution in [0, 0.1) is 40.4 Å². The summed E-state index contributed by atoms with van der Waals surface area (Å²) in [5.74, 6) is -0.550. The maximum absolute atomic E-state index is 13.8. The number of esters is 2. The Labute approximate surface area is 425 Å². The van der Waals surface area contributed by atoms with E-state index in [4.69, 9.17) is 43.6 Å². The monoisotopic (exact) mass is 1010 g/mol. The molecular formula is C55H84N2O15. The minimum Gasteiger partial charge on any atom is -0.497 e. The van der Waals surface area contributed by atoms with Crippen LogP contribution in [0.15, 0.2) is 48.1 Å². The fourth-order valence-corrected chi connectivity index (χ4v) is 13.3. The molecule has 1 aromatic rings. The van der Waals surface area contributed by atoms with Crippen molar-refractivity contribution in [2.75, 3.05) is 33.4 Å². The first-order valence-electron chi connectivity index (χ1n) is 26.6. The summed E-state index contributed by atoms with van der Waals surface area (Å²) in [5, 5.41) is 50.1. The lowest BCUT2D eigenvalue weighted by molar-refractivity contribution is -0.345. The minimum absolute atomic E-state index is 0.00364. The Balaban J connectivity index is 1.12. The molecule has 7 rings (SSSR count). The SMILES string of the molecule is C=C(CCC(C)C)[C@@H](C)[C@@]1(O)C(OC2OCC(O)C(OC3OCC(O)C(O)C3OC(=O)c3ccc(OC)cc3)C2OC(C)=O)C[C@H]2C3CC=C4CC(OC(=O)NCCCCCCN)CCC4(C)C3CCC21C. The largest absolute Gasteiger partial charge is 0.497 e. The van der Waals surface area contributed by atoms with Gasteiger partial charge in [0.1, 0.15) is 41.9 Å². The van der Waals surface area contributed by atoms with E-state index in [0.29, 0.717) is 49.9 Å². The van der Waals surface area contributed by atoms with Crippen molar-refractivity contribution in [3.8, 4) is 5.75 Å². The van der Waals surface area contributed by atoms with Gasteiger partial charge in [0.25, 0.3) is 0 Å². The Hall–Kier alpha value is -3.65. The highest BCUT2D eigenvalue weighted by atomic mass is 16.8. The van der Waals surface area contributed by atoms with Crippen molar-refractivity contribution in [2.45, 2.75) is 192 Å². The normalized spacial score (nSPS) is 37.8. The van der Waals surface area contributed by atoms with Crippen LogP contribution in [0.3, 0.4) is 0 Å². The first-order valence-corrected chi connectivity index (χ1v) is 26.6. The van der Waals surface area contributed by atoms with E-state index >= 15 is 0 Å². The number of ether oxygens (including phenoxy) is 8. The molecule has 0 spiro atoms. The number of carbonyl (C=O) groups is 3. The van der Waals surface area contributed by atoms with Crippen LogP contribution in [0.2, 0.25) is 0 Å². The van der Waals surface area contributed by atoms with Gasteiger partial charge < -0.3 is 69.4 Å². The number of hydrogen-bond donors (Lipinski definition) is 6. The van der Waals surface area contributed by atoms with Crippen LogP contribution in [0.5, 0.6) is 5.75 Å². The first kappa shape index (κ1) is 56.1. The Kier molecular flexibility index (Phi) is 18.6. The molecule has 14 unspecified atom stereocenters. The number of benzene rings is 1. The van der Waals surface area contributed by atoms with E-state index in [9.17, 15) is 34.8 Å². The fraction of sp³-hybridized carbons (Fsp3) is 0.764. The molecule has 7 N–H and O–H groups in total. The Bertz CT molecular complexity index is 2050. The number of nitrogens with one attached hydrogen (secondary N) is 1. The number of aliphatic hydroxyl groups is 4. The van der Waals surface area contributed by atoms with Crippen LogP contribution in [0.25, 0.3) is 0 Å². The average Bonchev–Trinajstić information content (AvgIpc) is 3.58. The van der Waals surface area contributed by atoms with E-state index in [1.807, 2.05) is 6.92 Å². The van der Waals surface area contributed by atoms with Gasteiger partial charge in [0.05, 0.1) is 32.0 Å². The van der Waals surface area contributed by atoms with Crippen molar-refractivity contribution < 1.29 is 72.7 Å². The number of alkyl carbamates (subject to hydrolysis) is 1. The van der Waals surface area contributed by atoms with Crippen LogP contribution in [0.4, 0.5) is 4.79 Å². The van der Waals surface area contributed by atoms with Crippen LogP contribution in [0.1, 0.15) is 135 Å². The summed E-state index contributed by atoms with van der Waals surface area (Å²) in [6, 6.07) is 6.10. The Morgan fingerprint density at radius 1 is 0.875 bits per heavy atom. The molecule has 1 amide bonds. The summed E-state index contributed by atoms with van der Waals surface area (Å²) in [4.78, 5) is 39.2. The van der Waals surface area contributed by atoms with E-state index in [1.54, 1.807) is 12.1 Å². The Morgan fingerprint density at radius 3 is 2.25 bits per heavy atom. The maximum atomic E-state index is 13.8. The average molecular weight is 1010 g/mol. The third-order valence-electron chi connectivity index (χ3n) is 17.6. The molecule has 17 atom stereocenters. The molecule has 2 heterocycles. The van der Waals surface area contributed by atoms with E-state index in [1.165, 1.54) is 31.7 Å². The zero-order valence-electron chi connectivity index (χ0n) is 43.6. The highest BCUT2D eigenvalue weighted by Crippen LogP contribution is 2.69. The summed E-state index contributed by atoms with van der Waals surface area (Å²) in [6.07, 6.45) is -0.147. The van der Waals surface area contributed by atoms with Crippen molar-refractivity contribution in [3.05, 3.63) is 53.6 Å². The second-order valence-corrected chi connectivity index (χ2v) is 22.4. The first-order chi connectivity index (χ1) is 34.2. The van der Waals surface area contributed by atoms with Crippen molar-refractivity contribution >= 4 is 18.0 Å². The van der Waals surface area contributed by atoms with Gasteiger partial charge in [0.15, 0.2) is 24.8 Å². The fourth-order valence-electron chi connectivity index (χ4n) is 13.3. The van der Waals surface area contributed by atoms with Gasteiger partial charge in [-0.1, -0.05) is 71.3 Å². The smallest absolute Gasteiger partial charge is 0.407 e. The number of hydrogen-bond acceptors (Lipinski definition) is 16. The number of allylic oxidation sites excluding steroid dienone is 1. The summed E-state index contributed by atoms with van der Waals surface area (Å²) >= 11 is 0. The standard InChI is InChI=1S/C55H84N2O15/c1-31(2)13-14-32(3)33(4)55(64)44(28-41-39-20-17-36-27-38(69-52(63)57-26-12-10-9-11-25-56)21-23-53(36,6)40(39)22-24-54(41,55)7)70-51-48(68-34(5)58)46(43(60)30-67-51)72-50-47(45(61)42(59)29-66-50)71-49(62)35-15-18-37(65-8)19-16-35/h15-19,31,33,38-48,50-51,59-61,64H,3,9-14,20-30,56H2,1-2,4-8H3,(H,57,63)/t33-,38?,39?,40?,41+,42?,43?,44?,45?,46?,47?,48?,50?,51?,53?,54?,55-/m1/s1. The lowest BCUT2D eigenvalue weighted by Crippen LogP contribution is -2.64. The third-order valence-corrected chi connectivity index (χ3v) is 17.6. The van der Waals surface area contributed by atoms with E-state index in [2.05, 4.69) is 45.7 Å². The molecule has 4 aliphatic carbocycles. The van der Waals surface area contributed by atoms with Gasteiger partial charge in [-0.15, -0.1) is 0 Å². The van der Waals surface area contributed by atoms with E-state index in [0.717, 1.165) is 69.8 Å². The summed E-state index contributed by atoms with van der Waals surface area (Å²) in [7, 11) is 1.49. The lowest BCUT2D eigenvalue weighted by atomic mass is 9.46. The van der Waals surface area contributed by atoms with Crippen LogP contribution in [-0.4, -0.2) is 139 Å². The van der Waals surface area contributed by atoms with Gasteiger partial charge in [-0.25, -0.2) is 9.59 Å². The molecular weight excluding hydrogens is 929 g/mol. The molecule has 3 saturated carbocycles. The van der Waals surface area contributed by atoms with Crippen LogP contribution in [-0.2, 0) is 38.0 Å². The molecule has 17 heteroatoms. The Morgan fingerprint density at radius 2 is 1.57 bits per heavy atom. The molecule has 72 heavy (non-hydrogen) atoms.